The second kappa shape index (κ2) is 9.32. The predicted molar refractivity (Wildman–Crippen MR) is 119 cm³/mol. The minimum absolute atomic E-state index is 0.287. The summed E-state index contributed by atoms with van der Waals surface area (Å²) in [6.07, 6.45) is -1.61. The van der Waals surface area contributed by atoms with Gasteiger partial charge in [0.05, 0.1) is 18.4 Å². The molecule has 0 aliphatic carbocycles. The number of amides is 1. The molecule has 0 aliphatic rings. The zero-order chi connectivity index (χ0) is 21.9. The van der Waals surface area contributed by atoms with Crippen LogP contribution in [0, 0.1) is 6.92 Å². The SMILES string of the molecule is CSNC(=O)c1nc(N(Cc2ccc(P)cc2)c2ccc(C(F)(F)F)nc2)sc1C. The minimum Gasteiger partial charge on any atom is -0.312 e. The van der Waals surface area contributed by atoms with E-state index in [1.165, 1.54) is 35.5 Å². The van der Waals surface area contributed by atoms with Crippen LogP contribution in [0.15, 0.2) is 42.6 Å². The van der Waals surface area contributed by atoms with Crippen LogP contribution in [-0.4, -0.2) is 22.1 Å². The lowest BCUT2D eigenvalue weighted by Crippen LogP contribution is -2.19. The Bertz CT molecular complexity index is 1020. The lowest BCUT2D eigenvalue weighted by atomic mass is 10.2. The summed E-state index contributed by atoms with van der Waals surface area (Å²) >= 11 is 2.46. The number of rotatable bonds is 6. The molecule has 11 heteroatoms. The molecule has 0 radical (unpaired) electrons. The third-order valence-electron chi connectivity index (χ3n) is 4.10. The first-order valence-electron chi connectivity index (χ1n) is 8.65. The van der Waals surface area contributed by atoms with Crippen LogP contribution in [0.1, 0.15) is 26.6 Å². The molecule has 1 atom stereocenters. The van der Waals surface area contributed by atoms with E-state index in [0.717, 1.165) is 16.9 Å². The third kappa shape index (κ3) is 5.30. The quantitative estimate of drug-likeness (QED) is 0.418. The largest absolute Gasteiger partial charge is 0.433 e. The van der Waals surface area contributed by atoms with Gasteiger partial charge >= 0.3 is 6.18 Å². The number of nitrogens with zero attached hydrogens (tertiary/aromatic N) is 3. The highest BCUT2D eigenvalue weighted by Gasteiger charge is 2.32. The topological polar surface area (TPSA) is 58.1 Å². The number of nitrogens with one attached hydrogen (secondary N) is 1. The first kappa shape index (κ1) is 22.5. The highest BCUT2D eigenvalue weighted by Crippen LogP contribution is 2.34. The highest BCUT2D eigenvalue weighted by molar-refractivity contribution is 7.97. The summed E-state index contributed by atoms with van der Waals surface area (Å²) in [5.41, 5.74) is 0.705. The van der Waals surface area contributed by atoms with E-state index in [1.807, 2.05) is 24.3 Å². The van der Waals surface area contributed by atoms with Gasteiger partial charge in [-0.1, -0.05) is 36.2 Å². The van der Waals surface area contributed by atoms with E-state index < -0.39 is 11.9 Å². The molecule has 3 aromatic rings. The van der Waals surface area contributed by atoms with E-state index in [4.69, 9.17) is 0 Å². The first-order valence-corrected chi connectivity index (χ1v) is 11.3. The summed E-state index contributed by atoms with van der Waals surface area (Å²) in [6, 6.07) is 10.00. The van der Waals surface area contributed by atoms with Crippen molar-refractivity contribution in [3.05, 3.63) is 64.4 Å². The second-order valence-electron chi connectivity index (χ2n) is 6.26. The van der Waals surface area contributed by atoms with Crippen molar-refractivity contribution in [2.24, 2.45) is 0 Å². The van der Waals surface area contributed by atoms with Gasteiger partial charge < -0.3 is 4.90 Å². The zero-order valence-corrected chi connectivity index (χ0v) is 18.8. The van der Waals surface area contributed by atoms with Crippen molar-refractivity contribution in [2.45, 2.75) is 19.6 Å². The van der Waals surface area contributed by atoms with Crippen LogP contribution >= 0.6 is 32.5 Å². The van der Waals surface area contributed by atoms with Crippen molar-refractivity contribution < 1.29 is 18.0 Å². The van der Waals surface area contributed by atoms with Crippen LogP contribution in [0.4, 0.5) is 24.0 Å². The molecule has 3 rings (SSSR count). The fourth-order valence-electron chi connectivity index (χ4n) is 2.64. The van der Waals surface area contributed by atoms with Gasteiger partial charge in [0.1, 0.15) is 11.4 Å². The van der Waals surface area contributed by atoms with Crippen LogP contribution in [0.2, 0.25) is 0 Å². The molecule has 30 heavy (non-hydrogen) atoms. The Labute approximate surface area is 182 Å². The van der Waals surface area contributed by atoms with E-state index in [2.05, 4.69) is 23.9 Å². The fourth-order valence-corrected chi connectivity index (χ4v) is 4.04. The maximum Gasteiger partial charge on any atom is 0.433 e. The molecule has 158 valence electrons. The van der Waals surface area contributed by atoms with E-state index in [1.54, 1.807) is 18.1 Å². The molecule has 0 fully saturated rings. The monoisotopic (exact) mass is 470 g/mol. The van der Waals surface area contributed by atoms with Crippen LogP contribution < -0.4 is 14.9 Å². The van der Waals surface area contributed by atoms with E-state index in [-0.39, 0.29) is 11.6 Å². The van der Waals surface area contributed by atoms with E-state index >= 15 is 0 Å². The van der Waals surface area contributed by atoms with Crippen molar-refractivity contribution in [3.63, 3.8) is 0 Å². The molecule has 0 aliphatic heterocycles. The maximum atomic E-state index is 12.9. The van der Waals surface area contributed by atoms with Crippen LogP contribution in [0.25, 0.3) is 0 Å². The van der Waals surface area contributed by atoms with Gasteiger partial charge in [-0.25, -0.2) is 9.97 Å². The molecule has 0 spiro atoms. The lowest BCUT2D eigenvalue weighted by Gasteiger charge is -2.22. The molecule has 5 nitrogen and oxygen atoms in total. The Balaban J connectivity index is 2.00. The number of alkyl halides is 3. The van der Waals surface area contributed by atoms with Gasteiger partial charge in [0, 0.05) is 11.1 Å². The number of halogens is 3. The number of aromatic nitrogens is 2. The van der Waals surface area contributed by atoms with Crippen molar-refractivity contribution in [1.29, 1.82) is 0 Å². The van der Waals surface area contributed by atoms with Crippen molar-refractivity contribution in [2.75, 3.05) is 11.2 Å². The maximum absolute atomic E-state index is 12.9. The molecular weight excluding hydrogens is 452 g/mol. The molecule has 2 aromatic heterocycles. The Hall–Kier alpha value is -2.16. The summed E-state index contributed by atoms with van der Waals surface area (Å²) < 4.78 is 41.4. The second-order valence-corrected chi connectivity index (χ2v) is 8.72. The predicted octanol–water partition coefficient (Wildman–Crippen LogP) is 4.71. The molecule has 0 saturated carbocycles. The number of hydrogen-bond acceptors (Lipinski definition) is 6. The summed E-state index contributed by atoms with van der Waals surface area (Å²) in [5.74, 6) is -0.319. The summed E-state index contributed by atoms with van der Waals surface area (Å²) in [4.78, 5) is 22.7. The van der Waals surface area contributed by atoms with E-state index in [9.17, 15) is 18.0 Å². The fraction of sp³-hybridized carbons (Fsp3) is 0.211. The minimum atomic E-state index is -4.52. The summed E-state index contributed by atoms with van der Waals surface area (Å²) in [5, 5.41) is 1.51. The van der Waals surface area contributed by atoms with Gasteiger partial charge in [0.25, 0.3) is 5.91 Å². The molecular formula is C19H18F3N4OPS2. The van der Waals surface area contributed by atoms with Crippen molar-refractivity contribution in [1.82, 2.24) is 14.7 Å². The molecule has 1 N–H and O–H groups in total. The number of anilines is 2. The average molecular weight is 470 g/mol. The number of thiazole rings is 1. The number of aryl methyl sites for hydroxylation is 1. The number of carbonyl (C=O) groups is 1. The Kier molecular flexibility index (Phi) is 7.00. The van der Waals surface area contributed by atoms with Gasteiger partial charge in [0.2, 0.25) is 0 Å². The van der Waals surface area contributed by atoms with Gasteiger partial charge in [-0.15, -0.1) is 20.6 Å². The van der Waals surface area contributed by atoms with Crippen LogP contribution in [0.5, 0.6) is 0 Å². The highest BCUT2D eigenvalue weighted by atomic mass is 32.2. The third-order valence-corrected chi connectivity index (χ3v) is 5.86. The molecule has 1 aromatic carbocycles. The normalized spacial score (nSPS) is 11.4. The van der Waals surface area contributed by atoms with Gasteiger partial charge in [-0.2, -0.15) is 13.2 Å². The Morgan fingerprint density at radius 1 is 1.23 bits per heavy atom. The smallest absolute Gasteiger partial charge is 0.312 e. The Morgan fingerprint density at radius 3 is 2.50 bits per heavy atom. The molecule has 0 bridgehead atoms. The number of carbonyl (C=O) groups excluding carboxylic acids is 1. The summed E-state index contributed by atoms with van der Waals surface area (Å²) in [7, 11) is 2.60. The van der Waals surface area contributed by atoms with Crippen LogP contribution in [-0.2, 0) is 12.7 Å². The van der Waals surface area contributed by atoms with Crippen molar-refractivity contribution in [3.8, 4) is 0 Å². The molecule has 0 saturated heterocycles. The average Bonchev–Trinajstić information content (AvgIpc) is 3.08. The van der Waals surface area contributed by atoms with Gasteiger partial charge in [0.15, 0.2) is 5.13 Å². The summed E-state index contributed by atoms with van der Waals surface area (Å²) in [6.45, 7) is 2.14. The standard InChI is InChI=1S/C19H18F3N4OPS2/c1-11-16(17(27)25-29-2)24-18(30-11)26(10-12-3-6-14(28)7-4-12)13-5-8-15(23-9-13)19(20,21)22/h3-9H,10,28H2,1-2H3,(H,25,27). The zero-order valence-electron chi connectivity index (χ0n) is 16.0. The lowest BCUT2D eigenvalue weighted by molar-refractivity contribution is -0.141. The van der Waals surface area contributed by atoms with Crippen LogP contribution in [0.3, 0.4) is 0 Å². The van der Waals surface area contributed by atoms with Crippen molar-refractivity contribution >= 4 is 54.6 Å². The molecule has 1 amide bonds. The number of pyridine rings is 1. The van der Waals surface area contributed by atoms with E-state index in [0.29, 0.717) is 22.2 Å². The first-order chi connectivity index (χ1) is 14.2. The van der Waals surface area contributed by atoms with Gasteiger partial charge in [-0.05, 0) is 29.9 Å². The molecule has 1 unspecified atom stereocenters. The van der Waals surface area contributed by atoms with Gasteiger partial charge in [-0.3, -0.25) is 9.52 Å². The Morgan fingerprint density at radius 2 is 1.93 bits per heavy atom. The number of benzene rings is 1. The molecule has 2 heterocycles. The number of hydrogen-bond donors (Lipinski definition) is 1.